The SMILES string of the molecule is Cc1cccc2c1N(S(=O)(=O)c1cccs1)CCC2O. The van der Waals surface area contributed by atoms with Gasteiger partial charge in [0.25, 0.3) is 10.0 Å². The molecule has 1 unspecified atom stereocenters. The zero-order valence-electron chi connectivity index (χ0n) is 11.0. The molecule has 1 aliphatic heterocycles. The molecule has 106 valence electrons. The Morgan fingerprint density at radius 2 is 2.10 bits per heavy atom. The van der Waals surface area contributed by atoms with Crippen LogP contribution in [-0.2, 0) is 10.0 Å². The van der Waals surface area contributed by atoms with E-state index in [9.17, 15) is 13.5 Å². The zero-order chi connectivity index (χ0) is 14.3. The normalized spacial score (nSPS) is 18.9. The summed E-state index contributed by atoms with van der Waals surface area (Å²) in [5, 5.41) is 11.8. The number of para-hydroxylation sites is 1. The van der Waals surface area contributed by atoms with Gasteiger partial charge in [0.15, 0.2) is 0 Å². The predicted octanol–water partition coefficient (Wildman–Crippen LogP) is 2.69. The van der Waals surface area contributed by atoms with Gasteiger partial charge in [-0.2, -0.15) is 0 Å². The van der Waals surface area contributed by atoms with E-state index in [1.54, 1.807) is 23.6 Å². The highest BCUT2D eigenvalue weighted by molar-refractivity contribution is 7.94. The Labute approximate surface area is 122 Å². The standard InChI is InChI=1S/C14H15NO3S2/c1-10-4-2-5-11-12(16)7-8-15(14(10)11)20(17,18)13-6-3-9-19-13/h2-6,9,12,16H,7-8H2,1H3. The Kier molecular flexibility index (Phi) is 3.32. The minimum absolute atomic E-state index is 0.305. The minimum Gasteiger partial charge on any atom is -0.388 e. The molecule has 3 rings (SSSR count). The van der Waals surface area contributed by atoms with Crippen molar-refractivity contribution in [3.63, 3.8) is 0 Å². The van der Waals surface area contributed by atoms with Crippen molar-refractivity contribution in [1.82, 2.24) is 0 Å². The van der Waals surface area contributed by atoms with Crippen molar-refractivity contribution in [2.24, 2.45) is 0 Å². The first-order chi connectivity index (χ1) is 9.51. The van der Waals surface area contributed by atoms with Gasteiger partial charge in [0.1, 0.15) is 4.21 Å². The molecule has 1 N–H and O–H groups in total. The fourth-order valence-corrected chi connectivity index (χ4v) is 5.23. The van der Waals surface area contributed by atoms with Crippen LogP contribution in [0.25, 0.3) is 0 Å². The number of aliphatic hydroxyl groups excluding tert-OH is 1. The molecule has 1 aromatic carbocycles. The Morgan fingerprint density at radius 3 is 2.80 bits per heavy atom. The van der Waals surface area contributed by atoms with E-state index < -0.39 is 16.1 Å². The summed E-state index contributed by atoms with van der Waals surface area (Å²) in [5.41, 5.74) is 2.18. The molecule has 0 saturated heterocycles. The number of fused-ring (bicyclic) bond motifs is 1. The number of benzene rings is 1. The third-order valence-electron chi connectivity index (χ3n) is 3.52. The number of hydrogen-bond donors (Lipinski definition) is 1. The molecule has 2 heterocycles. The molecule has 1 aromatic heterocycles. The number of hydrogen-bond acceptors (Lipinski definition) is 4. The molecule has 1 aliphatic rings. The first-order valence-corrected chi connectivity index (χ1v) is 8.67. The van der Waals surface area contributed by atoms with Gasteiger partial charge in [-0.15, -0.1) is 11.3 Å². The van der Waals surface area contributed by atoms with Gasteiger partial charge in [0.05, 0.1) is 11.8 Å². The second-order valence-corrected chi connectivity index (χ2v) is 7.86. The third kappa shape index (κ3) is 2.04. The largest absolute Gasteiger partial charge is 0.388 e. The molecule has 1 atom stereocenters. The van der Waals surface area contributed by atoms with E-state index >= 15 is 0 Å². The van der Waals surface area contributed by atoms with Gasteiger partial charge < -0.3 is 5.11 Å². The number of anilines is 1. The lowest BCUT2D eigenvalue weighted by atomic mass is 9.98. The van der Waals surface area contributed by atoms with Gasteiger partial charge in [-0.05, 0) is 30.4 Å². The van der Waals surface area contributed by atoms with Crippen LogP contribution >= 0.6 is 11.3 Å². The highest BCUT2D eigenvalue weighted by atomic mass is 32.2. The first kappa shape index (κ1) is 13.6. The van der Waals surface area contributed by atoms with Crippen LogP contribution in [0.4, 0.5) is 5.69 Å². The molecule has 4 nitrogen and oxygen atoms in total. The van der Waals surface area contributed by atoms with Crippen LogP contribution < -0.4 is 4.31 Å². The van der Waals surface area contributed by atoms with Crippen molar-refractivity contribution >= 4 is 27.0 Å². The second-order valence-electron chi connectivity index (χ2n) is 4.83. The van der Waals surface area contributed by atoms with E-state index in [-0.39, 0.29) is 0 Å². The summed E-state index contributed by atoms with van der Waals surface area (Å²) in [6.07, 6.45) is -0.180. The van der Waals surface area contributed by atoms with Gasteiger partial charge in [0, 0.05) is 12.1 Å². The summed E-state index contributed by atoms with van der Waals surface area (Å²) in [6, 6.07) is 8.85. The van der Waals surface area contributed by atoms with E-state index in [0.29, 0.717) is 28.4 Å². The van der Waals surface area contributed by atoms with Crippen molar-refractivity contribution in [2.45, 2.75) is 23.7 Å². The van der Waals surface area contributed by atoms with Crippen LogP contribution in [0.5, 0.6) is 0 Å². The molecule has 0 spiro atoms. The molecular weight excluding hydrogens is 294 g/mol. The van der Waals surface area contributed by atoms with Crippen LogP contribution in [0.15, 0.2) is 39.9 Å². The smallest absolute Gasteiger partial charge is 0.273 e. The van der Waals surface area contributed by atoms with Crippen LogP contribution in [0.3, 0.4) is 0 Å². The number of sulfonamides is 1. The lowest BCUT2D eigenvalue weighted by Crippen LogP contribution is -2.37. The Morgan fingerprint density at radius 1 is 1.30 bits per heavy atom. The predicted molar refractivity (Wildman–Crippen MR) is 79.6 cm³/mol. The fourth-order valence-electron chi connectivity index (χ4n) is 2.56. The third-order valence-corrected chi connectivity index (χ3v) is 6.69. The fraction of sp³-hybridized carbons (Fsp3) is 0.286. The number of aryl methyl sites for hydroxylation is 1. The maximum absolute atomic E-state index is 12.7. The van der Waals surface area contributed by atoms with Crippen molar-refractivity contribution in [1.29, 1.82) is 0 Å². The Bertz CT molecular complexity index is 723. The highest BCUT2D eigenvalue weighted by Gasteiger charge is 2.33. The van der Waals surface area contributed by atoms with Gasteiger partial charge in [-0.25, -0.2) is 8.42 Å². The number of thiophene rings is 1. The number of aliphatic hydroxyl groups is 1. The average Bonchev–Trinajstić information content (AvgIpc) is 2.94. The first-order valence-electron chi connectivity index (χ1n) is 6.35. The number of nitrogens with zero attached hydrogens (tertiary/aromatic N) is 1. The molecule has 0 radical (unpaired) electrons. The molecule has 0 fully saturated rings. The zero-order valence-corrected chi connectivity index (χ0v) is 12.6. The van der Waals surface area contributed by atoms with Crippen molar-refractivity contribution in [3.8, 4) is 0 Å². The van der Waals surface area contributed by atoms with E-state index in [1.165, 1.54) is 15.6 Å². The Hall–Kier alpha value is -1.37. The maximum Gasteiger partial charge on any atom is 0.273 e. The molecule has 20 heavy (non-hydrogen) atoms. The van der Waals surface area contributed by atoms with Crippen LogP contribution in [0.2, 0.25) is 0 Å². The topological polar surface area (TPSA) is 57.6 Å². The summed E-state index contributed by atoms with van der Waals surface area (Å²) < 4.78 is 27.2. The summed E-state index contributed by atoms with van der Waals surface area (Å²) in [4.78, 5) is 0. The van der Waals surface area contributed by atoms with Crippen molar-refractivity contribution in [3.05, 3.63) is 46.8 Å². The quantitative estimate of drug-likeness (QED) is 0.928. The van der Waals surface area contributed by atoms with E-state index in [0.717, 1.165) is 5.56 Å². The lowest BCUT2D eigenvalue weighted by Gasteiger charge is -2.33. The minimum atomic E-state index is -3.54. The Balaban J connectivity index is 2.17. The monoisotopic (exact) mass is 309 g/mol. The van der Waals surface area contributed by atoms with Gasteiger partial charge in [0.2, 0.25) is 0 Å². The van der Waals surface area contributed by atoms with Crippen LogP contribution in [-0.4, -0.2) is 20.1 Å². The van der Waals surface area contributed by atoms with Gasteiger partial charge in [-0.3, -0.25) is 4.31 Å². The highest BCUT2D eigenvalue weighted by Crippen LogP contribution is 2.39. The van der Waals surface area contributed by atoms with Crippen LogP contribution in [0, 0.1) is 6.92 Å². The van der Waals surface area contributed by atoms with Crippen molar-refractivity contribution < 1.29 is 13.5 Å². The molecule has 2 aromatic rings. The summed E-state index contributed by atoms with van der Waals surface area (Å²) in [6.45, 7) is 2.17. The maximum atomic E-state index is 12.7. The van der Waals surface area contributed by atoms with E-state index in [4.69, 9.17) is 0 Å². The van der Waals surface area contributed by atoms with Crippen LogP contribution in [0.1, 0.15) is 23.7 Å². The molecule has 0 aliphatic carbocycles. The van der Waals surface area contributed by atoms with Gasteiger partial charge >= 0.3 is 0 Å². The summed E-state index contributed by atoms with van der Waals surface area (Å²) in [7, 11) is -3.54. The summed E-state index contributed by atoms with van der Waals surface area (Å²) >= 11 is 1.21. The average molecular weight is 309 g/mol. The van der Waals surface area contributed by atoms with Crippen molar-refractivity contribution in [2.75, 3.05) is 10.8 Å². The molecule has 0 bridgehead atoms. The lowest BCUT2D eigenvalue weighted by molar-refractivity contribution is 0.166. The second kappa shape index (κ2) is 4.87. The van der Waals surface area contributed by atoms with E-state index in [2.05, 4.69) is 0 Å². The molecule has 0 amide bonds. The van der Waals surface area contributed by atoms with E-state index in [1.807, 2.05) is 19.1 Å². The molecular formula is C14H15NO3S2. The summed E-state index contributed by atoms with van der Waals surface area (Å²) in [5.74, 6) is 0. The number of rotatable bonds is 2. The molecule has 6 heteroatoms. The van der Waals surface area contributed by atoms with Gasteiger partial charge in [-0.1, -0.05) is 24.3 Å². The molecule has 0 saturated carbocycles.